The van der Waals surface area contributed by atoms with Crippen LogP contribution < -0.4 is 5.32 Å². The minimum absolute atomic E-state index is 0.142. The second-order valence-electron chi connectivity index (χ2n) is 5.06. The normalized spacial score (nSPS) is 12.6. The van der Waals surface area contributed by atoms with Crippen LogP contribution in [0.3, 0.4) is 0 Å². The van der Waals surface area contributed by atoms with Crippen molar-refractivity contribution in [1.29, 1.82) is 0 Å². The molecule has 0 aromatic carbocycles. The summed E-state index contributed by atoms with van der Waals surface area (Å²) in [5.41, 5.74) is 1.07. The molecular formula is C12H23N3O2S. The molecule has 0 aliphatic heterocycles. The van der Waals surface area contributed by atoms with Crippen molar-refractivity contribution < 1.29 is 8.42 Å². The Morgan fingerprint density at radius 3 is 2.56 bits per heavy atom. The summed E-state index contributed by atoms with van der Waals surface area (Å²) in [6.07, 6.45) is 3.67. The van der Waals surface area contributed by atoms with Gasteiger partial charge >= 0.3 is 0 Å². The fraction of sp³-hybridized carbons (Fsp3) is 0.750. The highest BCUT2D eigenvalue weighted by Gasteiger charge is 2.15. The van der Waals surface area contributed by atoms with E-state index in [1.165, 1.54) is 0 Å². The van der Waals surface area contributed by atoms with Crippen molar-refractivity contribution >= 4 is 9.84 Å². The molecule has 0 fully saturated rings. The lowest BCUT2D eigenvalue weighted by Gasteiger charge is -2.07. The fourth-order valence-corrected chi connectivity index (χ4v) is 2.31. The zero-order valence-corrected chi connectivity index (χ0v) is 12.4. The maximum Gasteiger partial charge on any atom is 0.154 e. The van der Waals surface area contributed by atoms with Gasteiger partial charge in [-0.3, -0.25) is 4.68 Å². The molecule has 0 bridgehead atoms. The molecule has 0 aliphatic rings. The van der Waals surface area contributed by atoms with Crippen molar-refractivity contribution in [3.05, 3.63) is 18.0 Å². The van der Waals surface area contributed by atoms with Gasteiger partial charge in [-0.15, -0.1) is 0 Å². The first kappa shape index (κ1) is 15.2. The fourth-order valence-electron chi connectivity index (χ4n) is 1.40. The van der Waals surface area contributed by atoms with Crippen LogP contribution in [0.25, 0.3) is 0 Å². The van der Waals surface area contributed by atoms with Gasteiger partial charge < -0.3 is 5.32 Å². The molecule has 1 aromatic rings. The molecule has 0 saturated heterocycles. The zero-order chi connectivity index (χ0) is 13.8. The van der Waals surface area contributed by atoms with Gasteiger partial charge in [0.25, 0.3) is 0 Å². The Morgan fingerprint density at radius 2 is 2.00 bits per heavy atom. The Labute approximate surface area is 109 Å². The van der Waals surface area contributed by atoms with Crippen molar-refractivity contribution in [2.75, 3.05) is 5.75 Å². The molecule has 6 heteroatoms. The van der Waals surface area contributed by atoms with Crippen molar-refractivity contribution in [3.63, 3.8) is 0 Å². The van der Waals surface area contributed by atoms with Crippen molar-refractivity contribution in [3.8, 4) is 0 Å². The maximum atomic E-state index is 11.7. The number of sulfone groups is 1. The third-order valence-electron chi connectivity index (χ3n) is 2.72. The van der Waals surface area contributed by atoms with E-state index in [1.54, 1.807) is 24.7 Å². The molecule has 0 spiro atoms. The first-order valence-electron chi connectivity index (χ1n) is 6.27. The van der Waals surface area contributed by atoms with E-state index < -0.39 is 9.84 Å². The lowest BCUT2D eigenvalue weighted by molar-refractivity contribution is 0.572. The average molecular weight is 273 g/mol. The molecule has 0 amide bonds. The molecule has 0 saturated carbocycles. The summed E-state index contributed by atoms with van der Waals surface area (Å²) in [4.78, 5) is 0. The van der Waals surface area contributed by atoms with Crippen molar-refractivity contribution in [1.82, 2.24) is 15.1 Å². The Morgan fingerprint density at radius 1 is 1.33 bits per heavy atom. The smallest absolute Gasteiger partial charge is 0.154 e. The maximum absolute atomic E-state index is 11.7. The van der Waals surface area contributed by atoms with Crippen LogP contribution in [-0.2, 0) is 22.9 Å². The van der Waals surface area contributed by atoms with Gasteiger partial charge in [-0.1, -0.05) is 13.8 Å². The predicted octanol–water partition coefficient (Wildman–Crippen LogP) is 1.20. The van der Waals surface area contributed by atoms with Crippen molar-refractivity contribution in [2.24, 2.45) is 0 Å². The SMILES string of the molecule is CC(C)NCc1cnn(CCS(=O)(=O)C(C)C)c1. The summed E-state index contributed by atoms with van der Waals surface area (Å²) >= 11 is 0. The molecule has 5 nitrogen and oxygen atoms in total. The van der Waals surface area contributed by atoms with Crippen LogP contribution in [0, 0.1) is 0 Å². The van der Waals surface area contributed by atoms with E-state index in [1.807, 2.05) is 6.20 Å². The molecule has 0 aliphatic carbocycles. The Bertz CT molecular complexity index is 463. The van der Waals surface area contributed by atoms with E-state index in [4.69, 9.17) is 0 Å². The van der Waals surface area contributed by atoms with Crippen LogP contribution in [0.1, 0.15) is 33.3 Å². The Hall–Kier alpha value is -0.880. The topological polar surface area (TPSA) is 64.0 Å². The standard InChI is InChI=1S/C12H23N3O2S/c1-10(2)13-7-12-8-14-15(9-12)5-6-18(16,17)11(3)4/h8-11,13H,5-7H2,1-4H3. The highest BCUT2D eigenvalue weighted by atomic mass is 32.2. The number of hydrogen-bond donors (Lipinski definition) is 1. The quantitative estimate of drug-likeness (QED) is 0.811. The number of nitrogens with one attached hydrogen (secondary N) is 1. The number of nitrogens with zero attached hydrogens (tertiary/aromatic N) is 2. The second-order valence-corrected chi connectivity index (χ2v) is 7.74. The minimum atomic E-state index is -2.99. The largest absolute Gasteiger partial charge is 0.310 e. The minimum Gasteiger partial charge on any atom is -0.310 e. The summed E-state index contributed by atoms with van der Waals surface area (Å²) in [6.45, 7) is 8.75. The van der Waals surface area contributed by atoms with E-state index in [0.29, 0.717) is 12.6 Å². The summed E-state index contributed by atoms with van der Waals surface area (Å²) < 4.78 is 25.0. The molecule has 1 N–H and O–H groups in total. The van der Waals surface area contributed by atoms with Gasteiger partial charge in [-0.05, 0) is 13.8 Å². The molecular weight excluding hydrogens is 250 g/mol. The predicted molar refractivity (Wildman–Crippen MR) is 73.1 cm³/mol. The number of rotatable bonds is 7. The third kappa shape index (κ3) is 4.78. The van der Waals surface area contributed by atoms with Gasteiger partial charge in [-0.25, -0.2) is 8.42 Å². The summed E-state index contributed by atoms with van der Waals surface area (Å²) in [5.74, 6) is 0.142. The lowest BCUT2D eigenvalue weighted by atomic mass is 10.3. The molecule has 1 rings (SSSR count). The Kier molecular flexibility index (Phi) is 5.34. The first-order chi connectivity index (χ1) is 8.31. The van der Waals surface area contributed by atoms with E-state index in [-0.39, 0.29) is 11.0 Å². The summed E-state index contributed by atoms with van der Waals surface area (Å²) in [7, 11) is -2.99. The molecule has 104 valence electrons. The van der Waals surface area contributed by atoms with Gasteiger partial charge in [0.15, 0.2) is 9.84 Å². The van der Waals surface area contributed by atoms with Crippen LogP contribution in [0.5, 0.6) is 0 Å². The first-order valence-corrected chi connectivity index (χ1v) is 7.99. The number of hydrogen-bond acceptors (Lipinski definition) is 4. The van der Waals surface area contributed by atoms with Gasteiger partial charge in [-0.2, -0.15) is 5.10 Å². The molecule has 0 atom stereocenters. The van der Waals surface area contributed by atoms with Crippen LogP contribution in [0.4, 0.5) is 0 Å². The summed E-state index contributed by atoms with van der Waals surface area (Å²) in [6, 6.07) is 0.426. The molecule has 18 heavy (non-hydrogen) atoms. The van der Waals surface area contributed by atoms with Gasteiger partial charge in [0.2, 0.25) is 0 Å². The monoisotopic (exact) mass is 273 g/mol. The molecule has 0 radical (unpaired) electrons. The van der Waals surface area contributed by atoms with E-state index in [2.05, 4.69) is 24.3 Å². The van der Waals surface area contributed by atoms with Crippen LogP contribution in [-0.4, -0.2) is 35.2 Å². The van der Waals surface area contributed by atoms with Gasteiger partial charge in [0, 0.05) is 24.3 Å². The highest BCUT2D eigenvalue weighted by molar-refractivity contribution is 7.91. The van der Waals surface area contributed by atoms with E-state index in [9.17, 15) is 8.42 Å². The molecule has 0 unspecified atom stereocenters. The van der Waals surface area contributed by atoms with Gasteiger partial charge in [0.1, 0.15) is 0 Å². The molecule has 1 heterocycles. The lowest BCUT2D eigenvalue weighted by Crippen LogP contribution is -2.22. The van der Waals surface area contributed by atoms with Gasteiger partial charge in [0.05, 0.1) is 23.7 Å². The number of aryl methyl sites for hydroxylation is 1. The molecule has 1 aromatic heterocycles. The van der Waals surface area contributed by atoms with Crippen LogP contribution in [0.2, 0.25) is 0 Å². The van der Waals surface area contributed by atoms with Crippen LogP contribution >= 0.6 is 0 Å². The van der Waals surface area contributed by atoms with Crippen LogP contribution in [0.15, 0.2) is 12.4 Å². The van der Waals surface area contributed by atoms with E-state index >= 15 is 0 Å². The third-order valence-corrected chi connectivity index (χ3v) is 4.91. The average Bonchev–Trinajstić information content (AvgIpc) is 2.71. The summed E-state index contributed by atoms with van der Waals surface area (Å²) in [5, 5.41) is 7.14. The zero-order valence-electron chi connectivity index (χ0n) is 11.5. The van der Waals surface area contributed by atoms with Crippen molar-refractivity contribution in [2.45, 2.75) is 52.1 Å². The van der Waals surface area contributed by atoms with E-state index in [0.717, 1.165) is 12.1 Å². The number of aromatic nitrogens is 2. The Balaban J connectivity index is 2.50. The second kappa shape index (κ2) is 6.33. The highest BCUT2D eigenvalue weighted by Crippen LogP contribution is 2.03.